The van der Waals surface area contributed by atoms with Gasteiger partial charge in [0.1, 0.15) is 0 Å². The zero-order valence-corrected chi connectivity index (χ0v) is 10.7. The molecule has 0 bridgehead atoms. The second-order valence-corrected chi connectivity index (χ2v) is 5.62. The Morgan fingerprint density at radius 1 is 1.47 bits per heavy atom. The van der Waals surface area contributed by atoms with E-state index >= 15 is 0 Å². The lowest BCUT2D eigenvalue weighted by atomic mass is 10.2. The van der Waals surface area contributed by atoms with E-state index in [4.69, 9.17) is 16.4 Å². The number of nitrogens with zero attached hydrogens (tertiary/aromatic N) is 1. The first-order valence-corrected chi connectivity index (χ1v) is 6.65. The van der Waals surface area contributed by atoms with Crippen LogP contribution in [0.2, 0.25) is 5.02 Å². The minimum absolute atomic E-state index is 0.377. The standard InChI is InChI=1S/C12H12ClNO2S/c13-12-9-3-1-2-4-10(9)17-11(12)6-14-5-8(15)7-16-14/h1-4,8,15H,5-7H2/t8-/m0/s1. The van der Waals surface area contributed by atoms with Crippen molar-refractivity contribution in [1.82, 2.24) is 5.06 Å². The molecule has 17 heavy (non-hydrogen) atoms. The van der Waals surface area contributed by atoms with Crippen molar-refractivity contribution in [2.45, 2.75) is 12.6 Å². The van der Waals surface area contributed by atoms with Crippen LogP contribution in [0.3, 0.4) is 0 Å². The van der Waals surface area contributed by atoms with Crippen LogP contribution >= 0.6 is 22.9 Å². The maximum Gasteiger partial charge on any atom is 0.0958 e. The fourth-order valence-corrected chi connectivity index (χ4v) is 3.47. The van der Waals surface area contributed by atoms with Gasteiger partial charge in [-0.05, 0) is 6.07 Å². The molecule has 2 heterocycles. The normalized spacial score (nSPS) is 21.4. The molecule has 5 heteroatoms. The summed E-state index contributed by atoms with van der Waals surface area (Å²) in [6.07, 6.45) is -0.386. The number of halogens is 1. The van der Waals surface area contributed by atoms with Gasteiger partial charge in [-0.3, -0.25) is 4.84 Å². The van der Waals surface area contributed by atoms with Crippen molar-refractivity contribution < 1.29 is 9.94 Å². The van der Waals surface area contributed by atoms with Crippen molar-refractivity contribution in [2.75, 3.05) is 13.2 Å². The first-order valence-electron chi connectivity index (χ1n) is 5.46. The highest BCUT2D eigenvalue weighted by atomic mass is 35.5. The van der Waals surface area contributed by atoms with Crippen LogP contribution in [0.5, 0.6) is 0 Å². The topological polar surface area (TPSA) is 32.7 Å². The first kappa shape index (κ1) is 11.4. The minimum atomic E-state index is -0.386. The summed E-state index contributed by atoms with van der Waals surface area (Å²) in [5.41, 5.74) is 0. The Bertz CT molecular complexity index is 542. The number of aliphatic hydroxyl groups excluding tert-OH is 1. The Hall–Kier alpha value is -0.650. The zero-order chi connectivity index (χ0) is 11.8. The predicted octanol–water partition coefficient (Wildman–Crippen LogP) is 2.66. The molecule has 1 N–H and O–H groups in total. The van der Waals surface area contributed by atoms with E-state index in [2.05, 4.69) is 6.07 Å². The van der Waals surface area contributed by atoms with Gasteiger partial charge in [0.05, 0.1) is 30.8 Å². The lowest BCUT2D eigenvalue weighted by Crippen LogP contribution is -2.20. The molecule has 0 spiro atoms. The molecule has 1 fully saturated rings. The monoisotopic (exact) mass is 269 g/mol. The molecule has 1 atom stereocenters. The quantitative estimate of drug-likeness (QED) is 0.910. The summed E-state index contributed by atoms with van der Waals surface area (Å²) in [4.78, 5) is 6.44. The van der Waals surface area contributed by atoms with Crippen LogP contribution in [-0.2, 0) is 11.4 Å². The number of hydroxylamine groups is 2. The number of hydrogen-bond donors (Lipinski definition) is 1. The van der Waals surface area contributed by atoms with Gasteiger partial charge in [-0.15, -0.1) is 11.3 Å². The van der Waals surface area contributed by atoms with Crippen LogP contribution in [0.25, 0.3) is 10.1 Å². The second-order valence-electron chi connectivity index (χ2n) is 4.11. The van der Waals surface area contributed by atoms with Gasteiger partial charge in [0.15, 0.2) is 0 Å². The second kappa shape index (κ2) is 4.55. The molecule has 1 saturated heterocycles. The summed E-state index contributed by atoms with van der Waals surface area (Å²) in [7, 11) is 0. The number of hydrogen-bond acceptors (Lipinski definition) is 4. The Labute approximate surface area is 108 Å². The summed E-state index contributed by atoms with van der Waals surface area (Å²) in [5.74, 6) is 0. The van der Waals surface area contributed by atoms with Gasteiger partial charge >= 0.3 is 0 Å². The molecule has 0 amide bonds. The van der Waals surface area contributed by atoms with Gasteiger partial charge in [-0.25, -0.2) is 0 Å². The van der Waals surface area contributed by atoms with Gasteiger partial charge in [0, 0.05) is 15.0 Å². The van der Waals surface area contributed by atoms with E-state index in [1.54, 1.807) is 16.4 Å². The summed E-state index contributed by atoms with van der Waals surface area (Å²) in [6.45, 7) is 1.56. The highest BCUT2D eigenvalue weighted by Crippen LogP contribution is 2.36. The average Bonchev–Trinajstić information content (AvgIpc) is 2.86. The molecule has 3 nitrogen and oxygen atoms in total. The molecule has 1 aromatic heterocycles. The Balaban J connectivity index is 1.88. The van der Waals surface area contributed by atoms with E-state index < -0.39 is 0 Å². The van der Waals surface area contributed by atoms with Crippen molar-refractivity contribution in [3.05, 3.63) is 34.2 Å². The molecule has 90 valence electrons. The third-order valence-corrected chi connectivity index (χ3v) is 4.48. The van der Waals surface area contributed by atoms with Crippen molar-refractivity contribution in [2.24, 2.45) is 0 Å². The largest absolute Gasteiger partial charge is 0.389 e. The van der Waals surface area contributed by atoms with Crippen LogP contribution in [0.15, 0.2) is 24.3 Å². The molecule has 1 aliphatic rings. The summed E-state index contributed by atoms with van der Waals surface area (Å²) >= 11 is 8.01. The van der Waals surface area contributed by atoms with E-state index in [1.807, 2.05) is 18.2 Å². The molecule has 2 aromatic rings. The van der Waals surface area contributed by atoms with E-state index in [0.717, 1.165) is 15.3 Å². The fraction of sp³-hybridized carbons (Fsp3) is 0.333. The molecular formula is C12H12ClNO2S. The third-order valence-electron chi connectivity index (χ3n) is 2.79. The molecular weight excluding hydrogens is 258 g/mol. The fourth-order valence-electron chi connectivity index (χ4n) is 1.97. The molecule has 3 rings (SSSR count). The van der Waals surface area contributed by atoms with Crippen molar-refractivity contribution in [1.29, 1.82) is 0 Å². The van der Waals surface area contributed by atoms with Crippen molar-refractivity contribution in [3.63, 3.8) is 0 Å². The van der Waals surface area contributed by atoms with Crippen LogP contribution in [0.1, 0.15) is 4.88 Å². The summed E-state index contributed by atoms with van der Waals surface area (Å²) in [5, 5.41) is 13.0. The average molecular weight is 270 g/mol. The van der Waals surface area contributed by atoms with E-state index in [-0.39, 0.29) is 6.10 Å². The third kappa shape index (κ3) is 2.19. The first-order chi connectivity index (χ1) is 8.24. The van der Waals surface area contributed by atoms with Crippen LogP contribution in [0, 0.1) is 0 Å². The van der Waals surface area contributed by atoms with Crippen LogP contribution < -0.4 is 0 Å². The SMILES string of the molecule is O[C@@H]1CON(Cc2sc3ccccc3c2Cl)C1. The maximum atomic E-state index is 9.39. The lowest BCUT2D eigenvalue weighted by molar-refractivity contribution is -0.117. The molecule has 1 aromatic carbocycles. The molecule has 0 saturated carbocycles. The molecule has 0 unspecified atom stereocenters. The van der Waals surface area contributed by atoms with Gasteiger partial charge in [-0.2, -0.15) is 5.06 Å². The zero-order valence-electron chi connectivity index (χ0n) is 9.10. The van der Waals surface area contributed by atoms with Gasteiger partial charge in [0.2, 0.25) is 0 Å². The number of rotatable bonds is 2. The summed E-state index contributed by atoms with van der Waals surface area (Å²) in [6, 6.07) is 8.09. The highest BCUT2D eigenvalue weighted by molar-refractivity contribution is 7.19. The molecule has 0 radical (unpaired) electrons. The number of aliphatic hydroxyl groups is 1. The smallest absolute Gasteiger partial charge is 0.0958 e. The van der Waals surface area contributed by atoms with Crippen molar-refractivity contribution in [3.8, 4) is 0 Å². The summed E-state index contributed by atoms with van der Waals surface area (Å²) < 4.78 is 1.19. The lowest BCUT2D eigenvalue weighted by Gasteiger charge is -2.11. The van der Waals surface area contributed by atoms with E-state index in [1.165, 1.54) is 4.70 Å². The van der Waals surface area contributed by atoms with Crippen LogP contribution in [0.4, 0.5) is 0 Å². The predicted molar refractivity (Wildman–Crippen MR) is 69.2 cm³/mol. The number of β-amino-alcohol motifs (C(OH)–C–C–N with tert-alkyl or cyclic N) is 1. The van der Waals surface area contributed by atoms with E-state index in [9.17, 15) is 5.11 Å². The number of benzene rings is 1. The molecule has 1 aliphatic heterocycles. The van der Waals surface area contributed by atoms with Crippen molar-refractivity contribution >= 4 is 33.0 Å². The maximum absolute atomic E-state index is 9.39. The Morgan fingerprint density at radius 2 is 2.29 bits per heavy atom. The number of thiophene rings is 1. The minimum Gasteiger partial charge on any atom is -0.389 e. The number of fused-ring (bicyclic) bond motifs is 1. The Morgan fingerprint density at radius 3 is 3.00 bits per heavy atom. The van der Waals surface area contributed by atoms with Crippen LogP contribution in [-0.4, -0.2) is 29.4 Å². The van der Waals surface area contributed by atoms with Gasteiger partial charge in [-0.1, -0.05) is 29.8 Å². The van der Waals surface area contributed by atoms with E-state index in [0.29, 0.717) is 19.7 Å². The Kier molecular flexibility index (Phi) is 3.06. The van der Waals surface area contributed by atoms with Gasteiger partial charge in [0.25, 0.3) is 0 Å². The van der Waals surface area contributed by atoms with Gasteiger partial charge < -0.3 is 5.11 Å². The molecule has 0 aliphatic carbocycles. The highest BCUT2D eigenvalue weighted by Gasteiger charge is 2.23.